The maximum absolute atomic E-state index is 5.36. The molecule has 1 spiro atoms. The highest BCUT2D eigenvalue weighted by molar-refractivity contribution is 5.96. The van der Waals surface area contributed by atoms with Gasteiger partial charge in [0.2, 0.25) is 0 Å². The summed E-state index contributed by atoms with van der Waals surface area (Å²) in [5.74, 6) is 0. The number of hydrogen-bond donors (Lipinski definition) is 1. The highest BCUT2D eigenvalue weighted by atomic mass is 15.2. The summed E-state index contributed by atoms with van der Waals surface area (Å²) in [6.45, 7) is 0. The van der Waals surface area contributed by atoms with E-state index >= 15 is 0 Å². The first-order valence-corrected chi connectivity index (χ1v) is 20.0. The zero-order chi connectivity index (χ0) is 38.9. The molecule has 0 atom stereocenters. The van der Waals surface area contributed by atoms with Gasteiger partial charge in [-0.25, -0.2) is 0 Å². The second kappa shape index (κ2) is 14.9. The number of nitrogen functional groups attached to an aromatic ring is 1. The van der Waals surface area contributed by atoms with Crippen molar-refractivity contribution in [2.45, 2.75) is 11.8 Å². The first-order chi connectivity index (χ1) is 28.7. The summed E-state index contributed by atoms with van der Waals surface area (Å²) in [5, 5.41) is 0. The largest absolute Gasteiger partial charge is 0.399 e. The van der Waals surface area contributed by atoms with E-state index in [9.17, 15) is 0 Å². The standard InChI is InChI=1S/C50H35N.C6H7N/c1-3-15-37(16-4-1)38-28-26-35(27-29-38)32-36-14-13-17-39(33-36)40-30-31-43-42-20-7-8-21-44(42)50(47(43)34-40)45-22-9-11-24-48(45)51(41-18-5-2-6-19-41)49-25-12-10-23-46(49)50;7-6-4-2-1-3-5-6/h1-31,33-34H,32H2;1-5H,7H2. The van der Waals surface area contributed by atoms with Gasteiger partial charge in [-0.15, -0.1) is 0 Å². The van der Waals surface area contributed by atoms with Gasteiger partial charge in [0, 0.05) is 11.4 Å². The first-order valence-electron chi connectivity index (χ1n) is 20.0. The summed E-state index contributed by atoms with van der Waals surface area (Å²) < 4.78 is 0. The van der Waals surface area contributed by atoms with Crippen LogP contribution in [-0.2, 0) is 11.8 Å². The number of nitrogens with zero attached hydrogens (tertiary/aromatic N) is 1. The molecule has 2 heteroatoms. The molecule has 276 valence electrons. The molecule has 1 heterocycles. The van der Waals surface area contributed by atoms with E-state index in [0.29, 0.717) is 0 Å². The summed E-state index contributed by atoms with van der Waals surface area (Å²) >= 11 is 0. The van der Waals surface area contributed by atoms with Gasteiger partial charge < -0.3 is 10.6 Å². The summed E-state index contributed by atoms with van der Waals surface area (Å²) in [7, 11) is 0. The minimum Gasteiger partial charge on any atom is -0.399 e. The molecule has 2 N–H and O–H groups in total. The minimum atomic E-state index is -0.460. The lowest BCUT2D eigenvalue weighted by atomic mass is 9.64. The Hall–Kier alpha value is -7.42. The molecule has 58 heavy (non-hydrogen) atoms. The number of hydrogen-bond acceptors (Lipinski definition) is 2. The lowest BCUT2D eigenvalue weighted by molar-refractivity contribution is 0.753. The van der Waals surface area contributed by atoms with Crippen molar-refractivity contribution >= 4 is 22.7 Å². The second-order valence-electron chi connectivity index (χ2n) is 15.1. The van der Waals surface area contributed by atoms with Crippen molar-refractivity contribution in [2.24, 2.45) is 0 Å². The van der Waals surface area contributed by atoms with E-state index in [1.165, 1.54) is 83.8 Å². The molecule has 0 amide bonds. The molecule has 9 aromatic carbocycles. The van der Waals surface area contributed by atoms with E-state index in [1.54, 1.807) is 0 Å². The van der Waals surface area contributed by atoms with Gasteiger partial charge in [0.1, 0.15) is 0 Å². The average Bonchev–Trinajstić information content (AvgIpc) is 3.58. The Kier molecular flexibility index (Phi) is 9.01. The zero-order valence-electron chi connectivity index (χ0n) is 32.2. The minimum absolute atomic E-state index is 0.460. The Morgan fingerprint density at radius 1 is 0.345 bits per heavy atom. The van der Waals surface area contributed by atoms with E-state index in [4.69, 9.17) is 5.73 Å². The van der Waals surface area contributed by atoms with Crippen LogP contribution in [0.1, 0.15) is 33.4 Å². The van der Waals surface area contributed by atoms with Crippen molar-refractivity contribution in [1.82, 2.24) is 0 Å². The molecule has 0 saturated carbocycles. The highest BCUT2D eigenvalue weighted by Gasteiger charge is 2.51. The van der Waals surface area contributed by atoms with E-state index < -0.39 is 5.41 Å². The molecule has 0 bridgehead atoms. The Morgan fingerprint density at radius 3 is 1.50 bits per heavy atom. The van der Waals surface area contributed by atoms with Gasteiger partial charge in [0.05, 0.1) is 16.8 Å². The summed E-state index contributed by atoms with van der Waals surface area (Å²) in [5.41, 5.74) is 24.8. The molecule has 2 aliphatic rings. The average molecular weight is 743 g/mol. The molecule has 0 fully saturated rings. The van der Waals surface area contributed by atoms with Gasteiger partial charge in [-0.1, -0.05) is 188 Å². The monoisotopic (exact) mass is 742 g/mol. The Morgan fingerprint density at radius 2 is 0.845 bits per heavy atom. The lowest BCUT2D eigenvalue weighted by Crippen LogP contribution is -2.36. The van der Waals surface area contributed by atoms with E-state index in [-0.39, 0.29) is 0 Å². The second-order valence-corrected chi connectivity index (χ2v) is 15.1. The Bertz CT molecular complexity index is 2810. The lowest BCUT2D eigenvalue weighted by Gasteiger charge is -2.45. The zero-order valence-corrected chi connectivity index (χ0v) is 32.2. The first kappa shape index (κ1) is 35.0. The summed E-state index contributed by atoms with van der Waals surface area (Å²) in [6.07, 6.45) is 0.888. The molecule has 2 nitrogen and oxygen atoms in total. The van der Waals surface area contributed by atoms with Crippen molar-refractivity contribution in [3.05, 3.63) is 264 Å². The quantitative estimate of drug-likeness (QED) is 0.178. The van der Waals surface area contributed by atoms with Crippen LogP contribution in [0.2, 0.25) is 0 Å². The number of rotatable bonds is 5. The molecule has 11 rings (SSSR count). The fraction of sp³-hybridized carbons (Fsp3) is 0.0357. The van der Waals surface area contributed by atoms with E-state index in [0.717, 1.165) is 12.1 Å². The van der Waals surface area contributed by atoms with Crippen molar-refractivity contribution < 1.29 is 0 Å². The predicted octanol–water partition coefficient (Wildman–Crippen LogP) is 14.0. The SMILES string of the molecule is Nc1ccccc1.c1ccc(-c2ccc(Cc3cccc(-c4ccc5c(c4)C4(c6ccccc6-5)c5ccccc5N(c5ccccc5)c5ccccc54)c3)cc2)cc1. The topological polar surface area (TPSA) is 29.3 Å². The molecule has 0 unspecified atom stereocenters. The van der Waals surface area contributed by atoms with Crippen LogP contribution in [-0.4, -0.2) is 0 Å². The predicted molar refractivity (Wildman–Crippen MR) is 243 cm³/mol. The van der Waals surface area contributed by atoms with Crippen LogP contribution in [0, 0.1) is 0 Å². The molecule has 9 aromatic rings. The van der Waals surface area contributed by atoms with E-state index in [2.05, 4.69) is 205 Å². The van der Waals surface area contributed by atoms with Gasteiger partial charge in [-0.2, -0.15) is 0 Å². The van der Waals surface area contributed by atoms with Gasteiger partial charge in [0.25, 0.3) is 0 Å². The number of para-hydroxylation sites is 4. The van der Waals surface area contributed by atoms with Crippen molar-refractivity contribution in [1.29, 1.82) is 0 Å². The molecule has 1 aliphatic heterocycles. The third kappa shape index (κ3) is 6.07. The van der Waals surface area contributed by atoms with Crippen LogP contribution in [0.25, 0.3) is 33.4 Å². The maximum atomic E-state index is 5.36. The van der Waals surface area contributed by atoms with E-state index in [1.807, 2.05) is 30.3 Å². The molecule has 0 radical (unpaired) electrons. The highest BCUT2D eigenvalue weighted by Crippen LogP contribution is 2.63. The molecule has 0 aromatic heterocycles. The fourth-order valence-electron chi connectivity index (χ4n) is 9.14. The normalized spacial score (nSPS) is 12.7. The van der Waals surface area contributed by atoms with Crippen LogP contribution >= 0.6 is 0 Å². The van der Waals surface area contributed by atoms with Crippen LogP contribution in [0.15, 0.2) is 231 Å². The maximum Gasteiger partial charge on any atom is 0.0754 e. The van der Waals surface area contributed by atoms with Gasteiger partial charge in [-0.3, -0.25) is 0 Å². The molecule has 0 saturated heterocycles. The molecule has 1 aliphatic carbocycles. The van der Waals surface area contributed by atoms with Gasteiger partial charge in [-0.05, 0) is 116 Å². The van der Waals surface area contributed by atoms with Gasteiger partial charge >= 0.3 is 0 Å². The Balaban J connectivity index is 0.000000530. The van der Waals surface area contributed by atoms with Crippen molar-refractivity contribution in [3.8, 4) is 33.4 Å². The van der Waals surface area contributed by atoms with Crippen LogP contribution in [0.4, 0.5) is 22.7 Å². The van der Waals surface area contributed by atoms with Crippen LogP contribution in [0.3, 0.4) is 0 Å². The van der Waals surface area contributed by atoms with Crippen LogP contribution < -0.4 is 10.6 Å². The smallest absolute Gasteiger partial charge is 0.0754 e. The summed E-state index contributed by atoms with van der Waals surface area (Å²) in [4.78, 5) is 2.44. The van der Waals surface area contributed by atoms with Crippen molar-refractivity contribution in [3.63, 3.8) is 0 Å². The summed E-state index contributed by atoms with van der Waals surface area (Å²) in [6, 6.07) is 83.2. The Labute approximate surface area is 341 Å². The van der Waals surface area contributed by atoms with Crippen molar-refractivity contribution in [2.75, 3.05) is 10.6 Å². The number of nitrogens with two attached hydrogens (primary N) is 1. The van der Waals surface area contributed by atoms with Gasteiger partial charge in [0.15, 0.2) is 0 Å². The fourth-order valence-corrected chi connectivity index (χ4v) is 9.14. The number of fused-ring (bicyclic) bond motifs is 9. The number of anilines is 4. The third-order valence-corrected chi connectivity index (χ3v) is 11.7. The third-order valence-electron chi connectivity index (χ3n) is 11.7. The molecular formula is C56H42N2. The molecular weight excluding hydrogens is 701 g/mol. The van der Waals surface area contributed by atoms with Crippen LogP contribution in [0.5, 0.6) is 0 Å². The number of benzene rings is 9.